The molecule has 1 aliphatic carbocycles. The van der Waals surface area contributed by atoms with Crippen LogP contribution in [0.5, 0.6) is 0 Å². The number of hydrogen-bond acceptors (Lipinski definition) is 0. The van der Waals surface area contributed by atoms with Crippen molar-refractivity contribution < 1.29 is 5.48 Å². The zero-order chi connectivity index (χ0) is 8.67. The summed E-state index contributed by atoms with van der Waals surface area (Å²) in [6, 6.07) is 17.3. The van der Waals surface area contributed by atoms with Gasteiger partial charge in [-0.2, -0.15) is 13.5 Å². The Morgan fingerprint density at radius 1 is 0.667 bits per heavy atom. The van der Waals surface area contributed by atoms with Crippen LogP contribution in [0.25, 0.3) is 11.1 Å². The normalized spacial score (nSPS) is 10.7. The molecule has 15 heavy (non-hydrogen) atoms. The molecule has 0 spiro atoms. The molecule has 3 rings (SSSR count). The second-order valence-electron chi connectivity index (χ2n) is 3.49. The molecule has 0 radical (unpaired) electrons. The highest BCUT2D eigenvalue weighted by Crippen LogP contribution is 2.35. The molecule has 78 valence electrons. The smallest absolute Gasteiger partial charge is 0.00135 e. The largest absolute Gasteiger partial charge is 0.412 e. The minimum Gasteiger partial charge on any atom is -0.412 e. The van der Waals surface area contributed by atoms with Gasteiger partial charge in [-0.1, -0.05) is 48.5 Å². The summed E-state index contributed by atoms with van der Waals surface area (Å²) in [4.78, 5) is 0. The summed E-state index contributed by atoms with van der Waals surface area (Å²) in [6.07, 6.45) is 1.10. The summed E-state index contributed by atoms with van der Waals surface area (Å²) < 4.78 is 0. The molecule has 0 aliphatic heterocycles. The van der Waals surface area contributed by atoms with Crippen molar-refractivity contribution in [1.29, 1.82) is 0 Å². The average molecular weight is 218 g/mol. The lowest BCUT2D eigenvalue weighted by molar-refractivity contribution is 0.824. The van der Waals surface area contributed by atoms with E-state index in [0.29, 0.717) is 0 Å². The lowest BCUT2D eigenvalue weighted by atomic mass is 10.1. The third-order valence-corrected chi connectivity index (χ3v) is 2.71. The van der Waals surface area contributed by atoms with Crippen LogP contribution in [0.4, 0.5) is 0 Å². The van der Waals surface area contributed by atoms with E-state index < -0.39 is 0 Å². The first-order chi connectivity index (χ1) is 6.45. The Morgan fingerprint density at radius 2 is 1.07 bits per heavy atom. The van der Waals surface area contributed by atoms with E-state index in [0.717, 1.165) is 6.42 Å². The molecule has 1 aliphatic rings. The molecule has 2 heteroatoms. The summed E-state index contributed by atoms with van der Waals surface area (Å²) in [5.74, 6) is 0. The zero-order valence-corrected chi connectivity index (χ0v) is 9.33. The Balaban J connectivity index is 0.000000562. The van der Waals surface area contributed by atoms with Gasteiger partial charge in [-0.05, 0) is 28.7 Å². The van der Waals surface area contributed by atoms with E-state index in [4.69, 9.17) is 0 Å². The maximum atomic E-state index is 2.22. The van der Waals surface area contributed by atoms with Crippen molar-refractivity contribution in [2.24, 2.45) is 0 Å². The summed E-state index contributed by atoms with van der Waals surface area (Å²) in [5.41, 5.74) is 5.75. The monoisotopic (exact) mass is 218 g/mol. The van der Waals surface area contributed by atoms with Gasteiger partial charge >= 0.3 is 0 Å². The molecular weight excluding hydrogens is 204 g/mol. The molecule has 2 aromatic carbocycles. The Hall–Kier alpha value is -1.25. The van der Waals surface area contributed by atoms with E-state index in [1.807, 2.05) is 0 Å². The first-order valence-corrected chi connectivity index (χ1v) is 4.61. The van der Waals surface area contributed by atoms with Crippen LogP contribution in [0, 0.1) is 0 Å². The highest BCUT2D eigenvalue weighted by molar-refractivity contribution is 7.59. The number of rotatable bonds is 0. The maximum Gasteiger partial charge on any atom is -0.00135 e. The maximum absolute atomic E-state index is 2.22. The van der Waals surface area contributed by atoms with Crippen LogP contribution in [-0.4, -0.2) is 5.48 Å². The molecule has 0 atom stereocenters. The second kappa shape index (κ2) is 4.51. The Kier molecular flexibility index (Phi) is 3.56. The molecule has 0 fully saturated rings. The van der Waals surface area contributed by atoms with Crippen molar-refractivity contribution >= 4 is 13.5 Å². The van der Waals surface area contributed by atoms with Gasteiger partial charge in [0.2, 0.25) is 0 Å². The van der Waals surface area contributed by atoms with Crippen molar-refractivity contribution in [3.8, 4) is 11.1 Å². The molecular formula is C13H14OS. The molecule has 0 aromatic heterocycles. The predicted molar refractivity (Wildman–Crippen MR) is 68.7 cm³/mol. The quantitative estimate of drug-likeness (QED) is 0.555. The van der Waals surface area contributed by atoms with E-state index in [2.05, 4.69) is 48.5 Å². The van der Waals surface area contributed by atoms with Crippen LogP contribution >= 0.6 is 13.5 Å². The molecule has 2 aromatic rings. The number of hydrogen-bond donors (Lipinski definition) is 0. The van der Waals surface area contributed by atoms with Crippen molar-refractivity contribution in [3.63, 3.8) is 0 Å². The number of fused-ring (bicyclic) bond motifs is 3. The highest BCUT2D eigenvalue weighted by Gasteiger charge is 2.15. The van der Waals surface area contributed by atoms with E-state index >= 15 is 0 Å². The zero-order valence-electron chi connectivity index (χ0n) is 8.33. The molecule has 0 amide bonds. The second-order valence-corrected chi connectivity index (χ2v) is 3.49. The minimum absolute atomic E-state index is 0. The van der Waals surface area contributed by atoms with Gasteiger partial charge in [-0.25, -0.2) is 0 Å². The minimum atomic E-state index is 0. The van der Waals surface area contributed by atoms with Crippen LogP contribution in [-0.2, 0) is 6.42 Å². The summed E-state index contributed by atoms with van der Waals surface area (Å²) in [5, 5.41) is 0. The van der Waals surface area contributed by atoms with Gasteiger partial charge in [0.15, 0.2) is 0 Å². The van der Waals surface area contributed by atoms with E-state index in [1.165, 1.54) is 22.3 Å². The van der Waals surface area contributed by atoms with Crippen molar-refractivity contribution in [2.45, 2.75) is 6.42 Å². The van der Waals surface area contributed by atoms with Crippen molar-refractivity contribution in [1.82, 2.24) is 0 Å². The summed E-state index contributed by atoms with van der Waals surface area (Å²) >= 11 is 0. The van der Waals surface area contributed by atoms with Crippen LogP contribution in [0.2, 0.25) is 0 Å². The van der Waals surface area contributed by atoms with Crippen LogP contribution in [0.3, 0.4) is 0 Å². The molecule has 1 nitrogen and oxygen atoms in total. The van der Waals surface area contributed by atoms with Crippen LogP contribution in [0.15, 0.2) is 48.5 Å². The average Bonchev–Trinajstić information content (AvgIpc) is 2.56. The molecule has 0 unspecified atom stereocenters. The predicted octanol–water partition coefficient (Wildman–Crippen LogP) is 2.55. The summed E-state index contributed by atoms with van der Waals surface area (Å²) in [7, 11) is 0. The molecule has 0 heterocycles. The fourth-order valence-electron chi connectivity index (χ4n) is 2.08. The van der Waals surface area contributed by atoms with E-state index in [1.54, 1.807) is 0 Å². The fourth-order valence-corrected chi connectivity index (χ4v) is 2.08. The molecule has 2 N–H and O–H groups in total. The molecule has 0 saturated carbocycles. The molecule has 0 saturated heterocycles. The van der Waals surface area contributed by atoms with E-state index in [9.17, 15) is 0 Å². The lowest BCUT2D eigenvalue weighted by Gasteiger charge is -1.98. The van der Waals surface area contributed by atoms with Crippen LogP contribution < -0.4 is 0 Å². The summed E-state index contributed by atoms with van der Waals surface area (Å²) in [6.45, 7) is 0. The first-order valence-electron chi connectivity index (χ1n) is 4.61. The van der Waals surface area contributed by atoms with Gasteiger partial charge in [0, 0.05) is 0 Å². The van der Waals surface area contributed by atoms with Crippen molar-refractivity contribution in [3.05, 3.63) is 59.7 Å². The third kappa shape index (κ3) is 1.78. The lowest BCUT2D eigenvalue weighted by Crippen LogP contribution is -1.77. The van der Waals surface area contributed by atoms with Crippen molar-refractivity contribution in [2.75, 3.05) is 0 Å². The Morgan fingerprint density at radius 3 is 1.53 bits per heavy atom. The fraction of sp³-hybridized carbons (Fsp3) is 0.0769. The van der Waals surface area contributed by atoms with Gasteiger partial charge in [-0.3, -0.25) is 0 Å². The van der Waals surface area contributed by atoms with Gasteiger partial charge < -0.3 is 5.48 Å². The topological polar surface area (TPSA) is 31.5 Å². The standard InChI is InChI=1S/C13H10.H2O.H2S/c1-3-7-12-10(5-1)9-11-6-2-4-8-13(11)12;;/h1-8H,9H2;2*1H2. The number of benzene rings is 2. The Labute approximate surface area is 96.5 Å². The molecule has 0 bridgehead atoms. The first kappa shape index (κ1) is 11.8. The van der Waals surface area contributed by atoms with Crippen LogP contribution in [0.1, 0.15) is 11.1 Å². The van der Waals surface area contributed by atoms with Gasteiger partial charge in [0.05, 0.1) is 0 Å². The van der Waals surface area contributed by atoms with Gasteiger partial charge in [0.1, 0.15) is 0 Å². The van der Waals surface area contributed by atoms with E-state index in [-0.39, 0.29) is 19.0 Å². The SMILES string of the molecule is O.S.c1ccc2c(c1)Cc1ccccc1-2. The third-order valence-electron chi connectivity index (χ3n) is 2.71. The Bertz CT molecular complexity index is 422. The van der Waals surface area contributed by atoms with Gasteiger partial charge in [-0.15, -0.1) is 0 Å². The highest BCUT2D eigenvalue weighted by atomic mass is 32.1. The van der Waals surface area contributed by atoms with Gasteiger partial charge in [0.25, 0.3) is 0 Å².